The van der Waals surface area contributed by atoms with Crippen LogP contribution in [0.3, 0.4) is 0 Å². The van der Waals surface area contributed by atoms with E-state index < -0.39 is 0 Å². The van der Waals surface area contributed by atoms with Crippen LogP contribution in [0.1, 0.15) is 51.4 Å². The molecule has 19 heavy (non-hydrogen) atoms. The molecule has 104 valence electrons. The van der Waals surface area contributed by atoms with Gasteiger partial charge in [-0.25, -0.2) is 4.98 Å². The van der Waals surface area contributed by atoms with E-state index in [1.54, 1.807) is 6.20 Å². The van der Waals surface area contributed by atoms with E-state index in [9.17, 15) is 0 Å². The van der Waals surface area contributed by atoms with Crippen molar-refractivity contribution in [3.05, 3.63) is 37.1 Å². The minimum absolute atomic E-state index is 0.594. The molecule has 0 saturated carbocycles. The van der Waals surface area contributed by atoms with E-state index in [2.05, 4.69) is 11.6 Å². The monoisotopic (exact) mass is 277 g/mol. The van der Waals surface area contributed by atoms with Gasteiger partial charge < -0.3 is 4.74 Å². The Labute approximate surface area is 121 Å². The first kappa shape index (κ1) is 15.8. The molecule has 1 aromatic heterocycles. The number of hydrogen-bond acceptors (Lipinski definition) is 3. The number of allylic oxidation sites excluding steroid dienone is 1. The topological polar surface area (TPSA) is 22.1 Å². The molecular weight excluding hydrogens is 254 g/mol. The van der Waals surface area contributed by atoms with Gasteiger partial charge in [-0.2, -0.15) is 0 Å². The molecule has 0 N–H and O–H groups in total. The quantitative estimate of drug-likeness (QED) is 0.338. The Hall–Kier alpha value is -1.22. The lowest BCUT2D eigenvalue weighted by Gasteiger charge is -2.05. The van der Waals surface area contributed by atoms with Gasteiger partial charge in [0, 0.05) is 18.7 Å². The second kappa shape index (κ2) is 10.7. The molecule has 0 bridgehead atoms. The van der Waals surface area contributed by atoms with Crippen LogP contribution in [0, 0.1) is 0 Å². The van der Waals surface area contributed by atoms with Crippen molar-refractivity contribution in [3.8, 4) is 5.88 Å². The van der Waals surface area contributed by atoms with E-state index in [0.717, 1.165) is 19.3 Å². The Morgan fingerprint density at radius 2 is 1.89 bits per heavy atom. The van der Waals surface area contributed by atoms with Gasteiger partial charge in [-0.1, -0.05) is 37.8 Å². The van der Waals surface area contributed by atoms with Crippen molar-refractivity contribution in [2.75, 3.05) is 0 Å². The summed E-state index contributed by atoms with van der Waals surface area (Å²) in [6.07, 6.45) is 13.2. The fourth-order valence-corrected chi connectivity index (χ4v) is 2.07. The third kappa shape index (κ3) is 8.49. The highest BCUT2D eigenvalue weighted by molar-refractivity contribution is 7.80. The predicted molar refractivity (Wildman–Crippen MR) is 84.6 cm³/mol. The number of unbranched alkanes of at least 4 members (excludes halogenated alkanes) is 6. The molecule has 0 aliphatic rings. The lowest BCUT2D eigenvalue weighted by molar-refractivity contribution is 0.514. The first-order chi connectivity index (χ1) is 9.33. The van der Waals surface area contributed by atoms with Crippen LogP contribution in [0.4, 0.5) is 0 Å². The van der Waals surface area contributed by atoms with Gasteiger partial charge in [0.05, 0.1) is 0 Å². The summed E-state index contributed by atoms with van der Waals surface area (Å²) in [6.45, 7) is 3.73. The summed E-state index contributed by atoms with van der Waals surface area (Å²) in [6, 6.07) is 5.59. The summed E-state index contributed by atoms with van der Waals surface area (Å²) in [5, 5.41) is 0.644. The van der Waals surface area contributed by atoms with Gasteiger partial charge in [0.1, 0.15) is 0 Å². The van der Waals surface area contributed by atoms with E-state index in [1.807, 2.05) is 24.3 Å². The summed E-state index contributed by atoms with van der Waals surface area (Å²) in [7, 11) is 0. The summed E-state index contributed by atoms with van der Waals surface area (Å²) in [5.41, 5.74) is 0. The maximum atomic E-state index is 5.48. The zero-order valence-electron chi connectivity index (χ0n) is 11.5. The molecule has 0 aromatic carbocycles. The normalized spacial score (nSPS) is 10.1. The highest BCUT2D eigenvalue weighted by Gasteiger charge is 2.00. The van der Waals surface area contributed by atoms with Crippen molar-refractivity contribution in [3.63, 3.8) is 0 Å². The average molecular weight is 277 g/mol. The average Bonchev–Trinajstić information content (AvgIpc) is 2.43. The third-order valence-electron chi connectivity index (χ3n) is 2.90. The first-order valence-electron chi connectivity index (χ1n) is 7.05. The molecule has 0 fully saturated rings. The number of ether oxygens (including phenoxy) is 1. The van der Waals surface area contributed by atoms with Crippen molar-refractivity contribution in [2.24, 2.45) is 0 Å². The molecule has 0 spiro atoms. The van der Waals surface area contributed by atoms with Crippen molar-refractivity contribution in [1.29, 1.82) is 0 Å². The van der Waals surface area contributed by atoms with Crippen LogP contribution in [-0.4, -0.2) is 10.0 Å². The third-order valence-corrected chi connectivity index (χ3v) is 3.18. The van der Waals surface area contributed by atoms with Crippen LogP contribution in [0.5, 0.6) is 5.88 Å². The molecule has 0 atom stereocenters. The van der Waals surface area contributed by atoms with Crippen LogP contribution in [0.25, 0.3) is 0 Å². The molecule has 1 heterocycles. The van der Waals surface area contributed by atoms with Crippen LogP contribution < -0.4 is 4.74 Å². The Balaban J connectivity index is 1.97. The molecule has 0 aliphatic heterocycles. The molecule has 1 aromatic rings. The predicted octanol–water partition coefficient (Wildman–Crippen LogP) is 5.09. The second-order valence-corrected chi connectivity index (χ2v) is 5.05. The summed E-state index contributed by atoms with van der Waals surface area (Å²) < 4.78 is 5.48. The maximum Gasteiger partial charge on any atom is 0.219 e. The Bertz CT molecular complexity index is 364. The molecular formula is C16H23NOS. The van der Waals surface area contributed by atoms with Crippen molar-refractivity contribution < 1.29 is 4.74 Å². The zero-order valence-corrected chi connectivity index (χ0v) is 12.3. The summed E-state index contributed by atoms with van der Waals surface area (Å²) in [5.74, 6) is 0.594. The highest BCUT2D eigenvalue weighted by Crippen LogP contribution is 2.11. The van der Waals surface area contributed by atoms with Crippen molar-refractivity contribution >= 4 is 17.3 Å². The van der Waals surface area contributed by atoms with Crippen LogP contribution in [-0.2, 0) is 0 Å². The van der Waals surface area contributed by atoms with Crippen LogP contribution >= 0.6 is 12.2 Å². The van der Waals surface area contributed by atoms with Gasteiger partial charge >= 0.3 is 0 Å². The first-order valence-corrected chi connectivity index (χ1v) is 7.46. The van der Waals surface area contributed by atoms with Crippen LogP contribution in [0.15, 0.2) is 37.1 Å². The molecule has 1 rings (SSSR count). The summed E-state index contributed by atoms with van der Waals surface area (Å²) in [4.78, 5) is 4.09. The fraction of sp³-hybridized carbons (Fsp3) is 0.500. The van der Waals surface area contributed by atoms with E-state index in [-0.39, 0.29) is 0 Å². The molecule has 3 heteroatoms. The molecule has 2 nitrogen and oxygen atoms in total. The Morgan fingerprint density at radius 1 is 1.16 bits per heavy atom. The number of rotatable bonds is 10. The minimum Gasteiger partial charge on any atom is -0.432 e. The molecule has 0 unspecified atom stereocenters. The van der Waals surface area contributed by atoms with E-state index in [0.29, 0.717) is 10.9 Å². The molecule has 0 aliphatic carbocycles. The van der Waals surface area contributed by atoms with E-state index in [1.165, 1.54) is 32.1 Å². The lowest BCUT2D eigenvalue weighted by atomic mass is 10.1. The standard InChI is InChI=1S/C16H23NOS/c1-2-3-4-5-6-7-8-9-13-16(19)18-15-12-10-11-14-17-15/h2,10-12,14H,1,3-9,13H2. The molecule has 0 radical (unpaired) electrons. The lowest BCUT2D eigenvalue weighted by Crippen LogP contribution is -2.05. The SMILES string of the molecule is C=CCCCCCCCCC(=S)Oc1ccccn1. The van der Waals surface area contributed by atoms with Crippen LogP contribution in [0.2, 0.25) is 0 Å². The zero-order chi connectivity index (χ0) is 13.8. The Kier molecular flexibility index (Phi) is 8.90. The van der Waals surface area contributed by atoms with Gasteiger partial charge in [0.15, 0.2) is 5.05 Å². The largest absolute Gasteiger partial charge is 0.432 e. The van der Waals surface area contributed by atoms with Crippen molar-refractivity contribution in [2.45, 2.75) is 51.4 Å². The Morgan fingerprint density at radius 3 is 2.58 bits per heavy atom. The number of aromatic nitrogens is 1. The summed E-state index contributed by atoms with van der Waals surface area (Å²) >= 11 is 5.20. The smallest absolute Gasteiger partial charge is 0.219 e. The van der Waals surface area contributed by atoms with Gasteiger partial charge in [0.2, 0.25) is 5.88 Å². The number of thiocarbonyl (C=S) groups is 1. The molecule has 0 saturated heterocycles. The fourth-order valence-electron chi connectivity index (χ4n) is 1.84. The van der Waals surface area contributed by atoms with Gasteiger partial charge in [-0.3, -0.25) is 0 Å². The number of nitrogens with zero attached hydrogens (tertiary/aromatic N) is 1. The number of pyridine rings is 1. The minimum atomic E-state index is 0.594. The second-order valence-electron chi connectivity index (χ2n) is 4.59. The maximum absolute atomic E-state index is 5.48. The van der Waals surface area contributed by atoms with Crippen molar-refractivity contribution in [1.82, 2.24) is 4.98 Å². The van der Waals surface area contributed by atoms with E-state index >= 15 is 0 Å². The van der Waals surface area contributed by atoms with Gasteiger partial charge in [0.25, 0.3) is 0 Å². The highest BCUT2D eigenvalue weighted by atomic mass is 32.1. The molecule has 0 amide bonds. The van der Waals surface area contributed by atoms with E-state index in [4.69, 9.17) is 17.0 Å². The van der Waals surface area contributed by atoms with Gasteiger partial charge in [-0.15, -0.1) is 6.58 Å². The van der Waals surface area contributed by atoms with Gasteiger partial charge in [-0.05, 0) is 37.5 Å². The number of hydrogen-bond donors (Lipinski definition) is 0.